The second-order valence-corrected chi connectivity index (χ2v) is 6.96. The molecule has 0 heterocycles. The fraction of sp³-hybridized carbons (Fsp3) is 0.778. The van der Waals surface area contributed by atoms with Crippen molar-refractivity contribution in [2.45, 2.75) is 52.1 Å². The van der Waals surface area contributed by atoms with E-state index in [1.165, 1.54) is 7.11 Å². The third-order valence-electron chi connectivity index (χ3n) is 3.08. The molecule has 27 heavy (non-hydrogen) atoms. The summed E-state index contributed by atoms with van der Waals surface area (Å²) >= 11 is 0. The molecule has 9 nitrogen and oxygen atoms in total. The van der Waals surface area contributed by atoms with Crippen molar-refractivity contribution in [3.05, 3.63) is 0 Å². The van der Waals surface area contributed by atoms with Crippen molar-refractivity contribution in [1.82, 2.24) is 10.6 Å². The number of rotatable bonds is 14. The van der Waals surface area contributed by atoms with E-state index in [1.54, 1.807) is 20.8 Å². The molecule has 0 bridgehead atoms. The van der Waals surface area contributed by atoms with Crippen LogP contribution >= 0.6 is 0 Å². The van der Waals surface area contributed by atoms with Crippen molar-refractivity contribution in [2.24, 2.45) is 0 Å². The van der Waals surface area contributed by atoms with Crippen LogP contribution in [0.1, 0.15) is 46.5 Å². The number of Topliss-reactive ketones (excluding diaryl/α,β-unsaturated/α-hetero) is 2. The molecular formula is C18H32N2O7. The Morgan fingerprint density at radius 2 is 1.37 bits per heavy atom. The van der Waals surface area contributed by atoms with Crippen LogP contribution in [-0.4, -0.2) is 69.2 Å². The van der Waals surface area contributed by atoms with Crippen molar-refractivity contribution < 1.29 is 33.4 Å². The molecule has 0 aliphatic rings. The van der Waals surface area contributed by atoms with Gasteiger partial charge in [0.15, 0.2) is 11.6 Å². The normalized spacial score (nSPS) is 11.0. The van der Waals surface area contributed by atoms with Gasteiger partial charge in [0.05, 0.1) is 13.1 Å². The first-order valence-corrected chi connectivity index (χ1v) is 8.97. The largest absolute Gasteiger partial charge is 0.444 e. The number of ketones is 2. The first-order valence-electron chi connectivity index (χ1n) is 8.97. The number of ether oxygens (including phenoxy) is 3. The lowest BCUT2D eigenvalue weighted by atomic mass is 10.2. The molecule has 0 saturated heterocycles. The van der Waals surface area contributed by atoms with Crippen LogP contribution < -0.4 is 10.6 Å². The number of carbonyl (C=O) groups excluding carboxylic acids is 4. The SMILES string of the molecule is COCC(=O)NCC(=O)CCCOCCCC(=O)CNC(=O)OC(C)(C)C. The minimum atomic E-state index is -0.616. The molecule has 0 fully saturated rings. The third-order valence-corrected chi connectivity index (χ3v) is 3.08. The Bertz CT molecular complexity index is 487. The fourth-order valence-electron chi connectivity index (χ4n) is 1.89. The van der Waals surface area contributed by atoms with E-state index in [1.807, 2.05) is 0 Å². The Labute approximate surface area is 160 Å². The zero-order chi connectivity index (χ0) is 20.7. The third kappa shape index (κ3) is 17.2. The molecule has 0 aliphatic heterocycles. The highest BCUT2D eigenvalue weighted by Gasteiger charge is 2.16. The van der Waals surface area contributed by atoms with Gasteiger partial charge in [-0.3, -0.25) is 14.4 Å². The van der Waals surface area contributed by atoms with Gasteiger partial charge in [-0.1, -0.05) is 0 Å². The van der Waals surface area contributed by atoms with Crippen LogP contribution in [0.3, 0.4) is 0 Å². The van der Waals surface area contributed by atoms with Gasteiger partial charge in [-0.2, -0.15) is 0 Å². The monoisotopic (exact) mass is 388 g/mol. The van der Waals surface area contributed by atoms with E-state index in [9.17, 15) is 19.2 Å². The predicted molar refractivity (Wildman–Crippen MR) is 98.4 cm³/mol. The average Bonchev–Trinajstić information content (AvgIpc) is 2.56. The van der Waals surface area contributed by atoms with Gasteiger partial charge in [-0.05, 0) is 33.6 Å². The number of hydrogen-bond donors (Lipinski definition) is 2. The first kappa shape index (κ1) is 25.0. The summed E-state index contributed by atoms with van der Waals surface area (Å²) in [5.74, 6) is -0.509. The van der Waals surface area contributed by atoms with Gasteiger partial charge in [-0.25, -0.2) is 4.79 Å². The lowest BCUT2D eigenvalue weighted by Gasteiger charge is -2.19. The fourth-order valence-corrected chi connectivity index (χ4v) is 1.89. The van der Waals surface area contributed by atoms with Crippen LogP contribution in [-0.2, 0) is 28.6 Å². The van der Waals surface area contributed by atoms with Crippen molar-refractivity contribution in [3.63, 3.8) is 0 Å². The minimum Gasteiger partial charge on any atom is -0.444 e. The number of alkyl carbamates (subject to hydrolysis) is 1. The molecule has 156 valence electrons. The topological polar surface area (TPSA) is 120 Å². The molecule has 0 saturated carbocycles. The Hall–Kier alpha value is -2.00. The molecule has 0 radical (unpaired) electrons. The maximum atomic E-state index is 11.7. The smallest absolute Gasteiger partial charge is 0.408 e. The quantitative estimate of drug-likeness (QED) is 0.426. The molecule has 0 aromatic rings. The summed E-state index contributed by atoms with van der Waals surface area (Å²) in [6.07, 6.45) is 1.07. The highest BCUT2D eigenvalue weighted by atomic mass is 16.6. The van der Waals surface area contributed by atoms with Crippen molar-refractivity contribution >= 4 is 23.6 Å². The van der Waals surface area contributed by atoms with E-state index < -0.39 is 11.7 Å². The maximum Gasteiger partial charge on any atom is 0.408 e. The molecule has 2 N–H and O–H groups in total. The zero-order valence-corrected chi connectivity index (χ0v) is 16.7. The van der Waals surface area contributed by atoms with Gasteiger partial charge in [0.25, 0.3) is 0 Å². The van der Waals surface area contributed by atoms with Gasteiger partial charge < -0.3 is 24.8 Å². The Morgan fingerprint density at radius 1 is 0.852 bits per heavy atom. The Kier molecular flexibility index (Phi) is 13.1. The number of amides is 2. The zero-order valence-electron chi connectivity index (χ0n) is 16.7. The van der Waals surface area contributed by atoms with Crippen LogP contribution in [0.25, 0.3) is 0 Å². The van der Waals surface area contributed by atoms with Crippen LogP contribution in [0.5, 0.6) is 0 Å². The van der Waals surface area contributed by atoms with Crippen LogP contribution in [0.2, 0.25) is 0 Å². The number of methoxy groups -OCH3 is 1. The van der Waals surface area contributed by atoms with E-state index in [4.69, 9.17) is 9.47 Å². The summed E-state index contributed by atoms with van der Waals surface area (Å²) in [6.45, 7) is 5.89. The summed E-state index contributed by atoms with van der Waals surface area (Å²) in [7, 11) is 1.41. The highest BCUT2D eigenvalue weighted by Crippen LogP contribution is 2.06. The van der Waals surface area contributed by atoms with Gasteiger partial charge >= 0.3 is 6.09 Å². The Balaban J connectivity index is 3.55. The van der Waals surface area contributed by atoms with E-state index in [2.05, 4.69) is 15.4 Å². The molecule has 0 rings (SSSR count). The average molecular weight is 388 g/mol. The molecular weight excluding hydrogens is 356 g/mol. The maximum absolute atomic E-state index is 11.7. The molecule has 0 aromatic carbocycles. The van der Waals surface area contributed by atoms with Crippen molar-refractivity contribution in [1.29, 1.82) is 0 Å². The summed E-state index contributed by atoms with van der Waals surface area (Å²) in [6, 6.07) is 0. The van der Waals surface area contributed by atoms with Gasteiger partial charge in [0.1, 0.15) is 12.2 Å². The van der Waals surface area contributed by atoms with Crippen LogP contribution in [0, 0.1) is 0 Å². The highest BCUT2D eigenvalue weighted by molar-refractivity contribution is 5.86. The second-order valence-electron chi connectivity index (χ2n) is 6.96. The van der Waals surface area contributed by atoms with Crippen molar-refractivity contribution in [3.8, 4) is 0 Å². The van der Waals surface area contributed by atoms with Gasteiger partial charge in [-0.15, -0.1) is 0 Å². The molecule has 0 atom stereocenters. The summed E-state index contributed by atoms with van der Waals surface area (Å²) in [4.78, 5) is 45.7. The summed E-state index contributed by atoms with van der Waals surface area (Å²) < 4.78 is 15.0. The van der Waals surface area contributed by atoms with E-state index >= 15 is 0 Å². The first-order chi connectivity index (χ1) is 12.6. The van der Waals surface area contributed by atoms with Crippen molar-refractivity contribution in [2.75, 3.05) is 40.0 Å². The van der Waals surface area contributed by atoms with E-state index in [-0.39, 0.29) is 37.2 Å². The predicted octanol–water partition coefficient (Wildman–Crippen LogP) is 0.989. The molecule has 0 aromatic heterocycles. The summed E-state index contributed by atoms with van der Waals surface area (Å²) in [5.41, 5.74) is -0.599. The lowest BCUT2D eigenvalue weighted by molar-refractivity contribution is -0.127. The Morgan fingerprint density at radius 3 is 1.85 bits per heavy atom. The van der Waals surface area contributed by atoms with Gasteiger partial charge in [0.2, 0.25) is 5.91 Å². The van der Waals surface area contributed by atoms with Crippen LogP contribution in [0.15, 0.2) is 0 Å². The number of nitrogens with one attached hydrogen (secondary N) is 2. The number of carbonyl (C=O) groups is 4. The van der Waals surface area contributed by atoms with Crippen LogP contribution in [0.4, 0.5) is 4.79 Å². The van der Waals surface area contributed by atoms with E-state index in [0.29, 0.717) is 38.9 Å². The molecule has 0 unspecified atom stereocenters. The van der Waals surface area contributed by atoms with E-state index in [0.717, 1.165) is 0 Å². The molecule has 2 amide bonds. The summed E-state index contributed by atoms with van der Waals surface area (Å²) in [5, 5.41) is 4.87. The minimum absolute atomic E-state index is 0.0126. The molecule has 0 aliphatic carbocycles. The number of hydrogen-bond acceptors (Lipinski definition) is 7. The molecule has 0 spiro atoms. The standard InChI is InChI=1S/C18H32N2O7/c1-18(2,3)27-17(24)20-12-15(22)8-6-10-26-9-5-7-14(21)11-19-16(23)13-25-4/h5-13H2,1-4H3,(H,19,23)(H,20,24). The molecule has 9 heteroatoms. The lowest BCUT2D eigenvalue weighted by Crippen LogP contribution is -2.35. The second kappa shape index (κ2) is 14.1. The van der Waals surface area contributed by atoms with Gasteiger partial charge in [0, 0.05) is 33.2 Å².